The zero-order valence-corrected chi connectivity index (χ0v) is 22.9. The maximum Gasteiger partial charge on any atom is 3.00 e. The van der Waals surface area contributed by atoms with Crippen molar-refractivity contribution in [3.63, 3.8) is 0 Å². The Morgan fingerprint density at radius 3 is 0.765 bits per heavy atom. The average molecular weight is 483 g/mol. The Labute approximate surface area is 211 Å². The summed E-state index contributed by atoms with van der Waals surface area (Å²) in [4.78, 5) is 31.5. The molecule has 0 fully saturated rings. The maximum absolute atomic E-state index is 10.5. The summed E-state index contributed by atoms with van der Waals surface area (Å²) >= 11 is 0. The molecule has 0 N–H and O–H groups in total. The molecule has 7 heteroatoms. The molecule has 0 aromatic heterocycles. The second-order valence-corrected chi connectivity index (χ2v) is 8.84. The van der Waals surface area contributed by atoms with E-state index < -0.39 is 17.9 Å². The third kappa shape index (κ3) is 26.7. The first-order chi connectivity index (χ1) is 15.7. The van der Waals surface area contributed by atoms with Gasteiger partial charge in [-0.05, 0) is 56.3 Å². The second-order valence-electron chi connectivity index (χ2n) is 8.84. The molecule has 0 saturated heterocycles. The summed E-state index contributed by atoms with van der Waals surface area (Å²) < 4.78 is 0. The van der Waals surface area contributed by atoms with E-state index in [1.54, 1.807) is 0 Å². The molecule has 0 heterocycles. The number of carbonyl (C=O) groups is 3. The van der Waals surface area contributed by atoms with E-state index in [-0.39, 0.29) is 26.2 Å². The van der Waals surface area contributed by atoms with Crippen LogP contribution in [0.15, 0.2) is 0 Å². The third-order valence-corrected chi connectivity index (χ3v) is 5.63. The maximum atomic E-state index is 10.5. The minimum absolute atomic E-state index is 0. The van der Waals surface area contributed by atoms with Gasteiger partial charge < -0.3 is 29.7 Å². The molecule has 0 bridgehead atoms. The Hall–Kier alpha value is -1.53. The molecule has 198 valence electrons. The molecule has 0 rings (SSSR count). The van der Waals surface area contributed by atoms with E-state index in [0.29, 0.717) is 0 Å². The minimum atomic E-state index is -0.875. The van der Waals surface area contributed by atoms with Crippen molar-refractivity contribution in [2.24, 2.45) is 17.8 Å². The molecular formula is C27H51BO6. The van der Waals surface area contributed by atoms with Gasteiger partial charge in [-0.15, -0.1) is 0 Å². The van der Waals surface area contributed by atoms with Crippen molar-refractivity contribution in [3.8, 4) is 0 Å². The fourth-order valence-electron chi connectivity index (χ4n) is 3.54. The standard InChI is InChI=1S/3C9H18O2.B/c3*1-3-5-7-8(6-4-2)9(10)11;/h3*8H,3-7H2,1-2H3,(H,10,11);/q;;;+3/p-3. The monoisotopic (exact) mass is 482 g/mol. The third-order valence-electron chi connectivity index (χ3n) is 5.63. The Kier molecular flexibility index (Phi) is 34.4. The normalized spacial score (nSPS) is 12.5. The average Bonchev–Trinajstić information content (AvgIpc) is 2.77. The first kappa shape index (κ1) is 39.7. The number of carboxylic acid groups (broad SMARTS) is 3. The van der Waals surface area contributed by atoms with Gasteiger partial charge in [-0.3, -0.25) is 0 Å². The van der Waals surface area contributed by atoms with Gasteiger partial charge in [0.1, 0.15) is 0 Å². The van der Waals surface area contributed by atoms with Crippen molar-refractivity contribution < 1.29 is 29.7 Å². The smallest absolute Gasteiger partial charge is 0.550 e. The van der Waals surface area contributed by atoms with Gasteiger partial charge in [-0.25, -0.2) is 0 Å². The fourth-order valence-corrected chi connectivity index (χ4v) is 3.54. The zero-order chi connectivity index (χ0) is 26.1. The van der Waals surface area contributed by atoms with Gasteiger partial charge in [-0.1, -0.05) is 99.3 Å². The number of hydrogen-bond acceptors (Lipinski definition) is 6. The molecule has 0 amide bonds. The number of hydrogen-bond donors (Lipinski definition) is 0. The summed E-state index contributed by atoms with van der Waals surface area (Å²) in [6.45, 7) is 12.2. The number of rotatable bonds is 18. The summed E-state index contributed by atoms with van der Waals surface area (Å²) in [5.74, 6) is -3.25. The molecule has 0 saturated carbocycles. The van der Waals surface area contributed by atoms with Gasteiger partial charge in [0, 0.05) is 17.9 Å². The van der Waals surface area contributed by atoms with Gasteiger partial charge in [0.25, 0.3) is 0 Å². The SMILES string of the molecule is CCCCC(CCC)C(=O)[O-].CCCCC(CCC)C(=O)[O-].CCCCC(CCC)C(=O)[O-].[B+3]. The van der Waals surface area contributed by atoms with Crippen LogP contribution in [0.5, 0.6) is 0 Å². The van der Waals surface area contributed by atoms with E-state index in [4.69, 9.17) is 0 Å². The number of unbranched alkanes of at least 4 members (excludes halogenated alkanes) is 3. The quantitative estimate of drug-likeness (QED) is 0.275. The largest absolute Gasteiger partial charge is 3.00 e. The van der Waals surface area contributed by atoms with Crippen molar-refractivity contribution in [3.05, 3.63) is 0 Å². The molecule has 0 aromatic rings. The molecular weight excluding hydrogens is 431 g/mol. The van der Waals surface area contributed by atoms with Gasteiger partial charge in [-0.2, -0.15) is 0 Å². The van der Waals surface area contributed by atoms with E-state index in [9.17, 15) is 29.7 Å². The van der Waals surface area contributed by atoms with Crippen molar-refractivity contribution in [1.82, 2.24) is 0 Å². The van der Waals surface area contributed by atoms with E-state index >= 15 is 0 Å². The topological polar surface area (TPSA) is 120 Å². The second kappa shape index (κ2) is 29.5. The van der Waals surface area contributed by atoms with Crippen LogP contribution in [-0.4, -0.2) is 26.3 Å². The molecule has 34 heavy (non-hydrogen) atoms. The number of carboxylic acids is 3. The minimum Gasteiger partial charge on any atom is -0.550 e. The summed E-state index contributed by atoms with van der Waals surface area (Å²) in [6.07, 6.45) is 13.6. The van der Waals surface area contributed by atoms with Gasteiger partial charge in [0.15, 0.2) is 0 Å². The van der Waals surface area contributed by atoms with Crippen LogP contribution in [0.25, 0.3) is 0 Å². The van der Waals surface area contributed by atoms with Crippen LogP contribution in [-0.2, 0) is 14.4 Å². The Balaban J connectivity index is -0.000000196. The fraction of sp³-hybridized carbons (Fsp3) is 0.889. The summed E-state index contributed by atoms with van der Waals surface area (Å²) in [6, 6.07) is 0. The molecule has 0 spiro atoms. The number of aliphatic carboxylic acids is 3. The molecule has 3 unspecified atom stereocenters. The molecule has 3 atom stereocenters. The van der Waals surface area contributed by atoms with Crippen LogP contribution < -0.4 is 15.3 Å². The molecule has 0 aliphatic heterocycles. The van der Waals surface area contributed by atoms with Gasteiger partial charge >= 0.3 is 8.41 Å². The van der Waals surface area contributed by atoms with Gasteiger partial charge in [0.2, 0.25) is 0 Å². The summed E-state index contributed by atoms with van der Waals surface area (Å²) in [7, 11) is 0. The first-order valence-corrected chi connectivity index (χ1v) is 13.3. The van der Waals surface area contributed by atoms with Crippen molar-refractivity contribution >= 4 is 26.3 Å². The van der Waals surface area contributed by atoms with E-state index in [1.807, 2.05) is 20.8 Å². The predicted octanol–water partition coefficient (Wildman–Crippen LogP) is 3.65. The van der Waals surface area contributed by atoms with Crippen LogP contribution in [0.3, 0.4) is 0 Å². The van der Waals surface area contributed by atoms with Crippen LogP contribution in [0.1, 0.15) is 138 Å². The Bertz CT molecular complexity index is 403. The molecule has 0 aliphatic carbocycles. The number of carbonyl (C=O) groups excluding carboxylic acids is 3. The summed E-state index contributed by atoms with van der Waals surface area (Å²) in [5.41, 5.74) is 0. The van der Waals surface area contributed by atoms with E-state index in [2.05, 4.69) is 20.8 Å². The molecule has 0 aliphatic rings. The van der Waals surface area contributed by atoms with Crippen LogP contribution in [0.2, 0.25) is 0 Å². The van der Waals surface area contributed by atoms with E-state index in [0.717, 1.165) is 96.3 Å². The Morgan fingerprint density at radius 2 is 0.647 bits per heavy atom. The van der Waals surface area contributed by atoms with Crippen molar-refractivity contribution in [1.29, 1.82) is 0 Å². The van der Waals surface area contributed by atoms with Gasteiger partial charge in [0.05, 0.1) is 0 Å². The molecule has 0 radical (unpaired) electrons. The van der Waals surface area contributed by atoms with E-state index in [1.165, 1.54) is 0 Å². The van der Waals surface area contributed by atoms with Crippen molar-refractivity contribution in [2.75, 3.05) is 0 Å². The van der Waals surface area contributed by atoms with Crippen LogP contribution in [0, 0.1) is 17.8 Å². The summed E-state index contributed by atoms with van der Waals surface area (Å²) in [5, 5.41) is 31.5. The van der Waals surface area contributed by atoms with Crippen LogP contribution >= 0.6 is 0 Å². The van der Waals surface area contributed by atoms with Crippen molar-refractivity contribution in [2.45, 2.75) is 138 Å². The zero-order valence-electron chi connectivity index (χ0n) is 22.9. The van der Waals surface area contributed by atoms with Crippen LogP contribution in [0.4, 0.5) is 0 Å². The molecule has 6 nitrogen and oxygen atoms in total. The molecule has 0 aromatic carbocycles. The first-order valence-electron chi connectivity index (χ1n) is 13.3. The Morgan fingerprint density at radius 1 is 0.441 bits per heavy atom. The predicted molar refractivity (Wildman–Crippen MR) is 135 cm³/mol.